The fourth-order valence-electron chi connectivity index (χ4n) is 4.17. The van der Waals surface area contributed by atoms with Gasteiger partial charge >= 0.3 is 0 Å². The standard InChI is InChI=1S/C24H20FN6O2P/c1-33-34(32,17-5-6-17)18-7-8-19(20(25)12-18)22-13-27-23-24(28-22)31(30-29-23)14-15-4-9-21-16(11-15)3-2-10-26-21/h2-4,7-13,17H,5-6,14H2,1H3. The summed E-state index contributed by atoms with van der Waals surface area (Å²) in [5.74, 6) is -0.523. The zero-order valence-corrected chi connectivity index (χ0v) is 19.2. The molecule has 6 rings (SSSR count). The molecule has 0 N–H and O–H groups in total. The molecule has 34 heavy (non-hydrogen) atoms. The van der Waals surface area contributed by atoms with Crippen molar-refractivity contribution in [3.63, 3.8) is 0 Å². The number of fused-ring (bicyclic) bond motifs is 2. The molecule has 10 heteroatoms. The summed E-state index contributed by atoms with van der Waals surface area (Å²) in [4.78, 5) is 13.3. The summed E-state index contributed by atoms with van der Waals surface area (Å²) in [5.41, 5.74) is 3.34. The van der Waals surface area contributed by atoms with Crippen molar-refractivity contribution < 1.29 is 13.5 Å². The van der Waals surface area contributed by atoms with Crippen LogP contribution in [-0.2, 0) is 15.6 Å². The third-order valence-electron chi connectivity index (χ3n) is 6.11. The minimum absolute atomic E-state index is 0.0230. The highest BCUT2D eigenvalue weighted by molar-refractivity contribution is 7.68. The first kappa shape index (κ1) is 21.0. The molecule has 8 nitrogen and oxygen atoms in total. The van der Waals surface area contributed by atoms with Crippen LogP contribution in [0.15, 0.2) is 60.9 Å². The van der Waals surface area contributed by atoms with Gasteiger partial charge in [0, 0.05) is 35.2 Å². The van der Waals surface area contributed by atoms with Crippen LogP contribution in [-0.4, -0.2) is 42.7 Å². The van der Waals surface area contributed by atoms with E-state index < -0.39 is 13.2 Å². The average molecular weight is 474 g/mol. The lowest BCUT2D eigenvalue weighted by molar-refractivity contribution is 0.401. The van der Waals surface area contributed by atoms with Crippen molar-refractivity contribution in [3.8, 4) is 11.3 Å². The summed E-state index contributed by atoms with van der Waals surface area (Å²) in [7, 11) is -1.63. The second-order valence-electron chi connectivity index (χ2n) is 8.35. The molecule has 0 spiro atoms. The lowest BCUT2D eigenvalue weighted by Crippen LogP contribution is -2.11. The van der Waals surface area contributed by atoms with E-state index in [-0.39, 0.29) is 11.2 Å². The summed E-state index contributed by atoms with van der Waals surface area (Å²) >= 11 is 0. The number of hydrogen-bond donors (Lipinski definition) is 0. The maximum Gasteiger partial charge on any atom is 0.234 e. The third kappa shape index (κ3) is 3.57. The Kier molecular flexibility index (Phi) is 4.97. The number of rotatable bonds is 6. The van der Waals surface area contributed by atoms with Crippen LogP contribution in [0.4, 0.5) is 4.39 Å². The fourth-order valence-corrected chi connectivity index (χ4v) is 6.51. The average Bonchev–Trinajstić information content (AvgIpc) is 3.66. The van der Waals surface area contributed by atoms with Gasteiger partial charge in [0.25, 0.3) is 0 Å². The number of nitrogens with zero attached hydrogens (tertiary/aromatic N) is 6. The van der Waals surface area contributed by atoms with E-state index in [0.29, 0.717) is 28.8 Å². The molecule has 2 aromatic carbocycles. The van der Waals surface area contributed by atoms with Crippen LogP contribution < -0.4 is 5.30 Å². The zero-order chi connectivity index (χ0) is 23.3. The first-order valence-corrected chi connectivity index (χ1v) is 12.6. The first-order chi connectivity index (χ1) is 16.5. The van der Waals surface area contributed by atoms with Gasteiger partial charge in [0.2, 0.25) is 13.0 Å². The molecule has 1 unspecified atom stereocenters. The van der Waals surface area contributed by atoms with Gasteiger partial charge in [-0.05, 0) is 54.8 Å². The Morgan fingerprint density at radius 3 is 2.82 bits per heavy atom. The minimum Gasteiger partial charge on any atom is -0.328 e. The Hall–Kier alpha value is -3.55. The topological polar surface area (TPSA) is 95.7 Å². The van der Waals surface area contributed by atoms with E-state index in [1.165, 1.54) is 19.4 Å². The van der Waals surface area contributed by atoms with Gasteiger partial charge in [-0.25, -0.2) is 19.0 Å². The van der Waals surface area contributed by atoms with Crippen LogP contribution in [0.5, 0.6) is 0 Å². The number of pyridine rings is 1. The summed E-state index contributed by atoms with van der Waals surface area (Å²) in [6, 6.07) is 14.4. The zero-order valence-electron chi connectivity index (χ0n) is 18.3. The van der Waals surface area contributed by atoms with Crippen molar-refractivity contribution >= 4 is 34.9 Å². The SMILES string of the molecule is COP(=O)(c1ccc(-c2cnc3nnn(Cc4ccc5ncccc5c4)c3n2)c(F)c1)C1CC1. The Morgan fingerprint density at radius 2 is 2.03 bits per heavy atom. The molecule has 1 fully saturated rings. The molecular formula is C24H20FN6O2P. The summed E-state index contributed by atoms with van der Waals surface area (Å²) in [6.07, 6.45) is 4.90. The van der Waals surface area contributed by atoms with Crippen molar-refractivity contribution in [1.29, 1.82) is 0 Å². The van der Waals surface area contributed by atoms with Gasteiger partial charge in [-0.15, -0.1) is 5.10 Å². The molecule has 0 amide bonds. The van der Waals surface area contributed by atoms with Gasteiger partial charge in [-0.2, -0.15) is 0 Å². The largest absolute Gasteiger partial charge is 0.328 e. The Balaban J connectivity index is 1.35. The van der Waals surface area contributed by atoms with E-state index >= 15 is 4.39 Å². The van der Waals surface area contributed by atoms with Crippen molar-refractivity contribution in [3.05, 3.63) is 72.3 Å². The second-order valence-corrected chi connectivity index (χ2v) is 11.2. The minimum atomic E-state index is -3.05. The van der Waals surface area contributed by atoms with Gasteiger partial charge in [-0.1, -0.05) is 17.3 Å². The smallest absolute Gasteiger partial charge is 0.234 e. The maximum atomic E-state index is 15.1. The molecule has 3 heterocycles. The Labute approximate surface area is 194 Å². The summed E-state index contributed by atoms with van der Waals surface area (Å²) in [5, 5.41) is 9.71. The fraction of sp³-hybridized carbons (Fsp3) is 0.208. The molecule has 0 aliphatic heterocycles. The lowest BCUT2D eigenvalue weighted by Gasteiger charge is -2.16. The van der Waals surface area contributed by atoms with Crippen LogP contribution in [0.3, 0.4) is 0 Å². The molecular weight excluding hydrogens is 454 g/mol. The normalized spacial score (nSPS) is 15.6. The van der Waals surface area contributed by atoms with E-state index in [2.05, 4.69) is 25.3 Å². The van der Waals surface area contributed by atoms with E-state index in [1.807, 2.05) is 30.3 Å². The van der Waals surface area contributed by atoms with Gasteiger partial charge < -0.3 is 4.52 Å². The maximum absolute atomic E-state index is 15.1. The molecule has 1 aliphatic rings. The van der Waals surface area contributed by atoms with Crippen molar-refractivity contribution in [2.45, 2.75) is 25.0 Å². The molecule has 3 aromatic heterocycles. The van der Waals surface area contributed by atoms with Gasteiger partial charge in [0.1, 0.15) is 5.82 Å². The van der Waals surface area contributed by atoms with Crippen LogP contribution in [0.1, 0.15) is 18.4 Å². The molecule has 5 aromatic rings. The Bertz CT molecular complexity index is 1600. The van der Waals surface area contributed by atoms with Gasteiger partial charge in [0.05, 0.1) is 24.0 Å². The highest BCUT2D eigenvalue weighted by Crippen LogP contribution is 2.60. The summed E-state index contributed by atoms with van der Waals surface area (Å²) < 4.78 is 35.2. The molecule has 1 atom stereocenters. The predicted octanol–water partition coefficient (Wildman–Crippen LogP) is 4.34. The van der Waals surface area contributed by atoms with E-state index in [1.54, 1.807) is 23.0 Å². The summed E-state index contributed by atoms with van der Waals surface area (Å²) in [6.45, 7) is 0.430. The number of benzene rings is 2. The molecule has 170 valence electrons. The molecule has 1 aliphatic carbocycles. The predicted molar refractivity (Wildman–Crippen MR) is 127 cm³/mol. The van der Waals surface area contributed by atoms with Gasteiger partial charge in [-0.3, -0.25) is 9.55 Å². The first-order valence-electron chi connectivity index (χ1n) is 10.9. The molecule has 0 bridgehead atoms. The Morgan fingerprint density at radius 1 is 1.15 bits per heavy atom. The monoisotopic (exact) mass is 474 g/mol. The van der Waals surface area contributed by atoms with Crippen LogP contribution in [0.2, 0.25) is 0 Å². The highest BCUT2D eigenvalue weighted by Gasteiger charge is 2.43. The van der Waals surface area contributed by atoms with E-state index in [9.17, 15) is 4.57 Å². The highest BCUT2D eigenvalue weighted by atomic mass is 31.2. The van der Waals surface area contributed by atoms with Gasteiger partial charge in [0.15, 0.2) is 5.65 Å². The molecule has 0 saturated heterocycles. The van der Waals surface area contributed by atoms with E-state index in [4.69, 9.17) is 4.52 Å². The van der Waals surface area contributed by atoms with Crippen LogP contribution in [0.25, 0.3) is 33.5 Å². The van der Waals surface area contributed by atoms with Crippen LogP contribution >= 0.6 is 7.37 Å². The lowest BCUT2D eigenvalue weighted by atomic mass is 10.1. The quantitative estimate of drug-likeness (QED) is 0.338. The number of hydrogen-bond acceptors (Lipinski definition) is 7. The van der Waals surface area contributed by atoms with Crippen LogP contribution in [0, 0.1) is 5.82 Å². The second kappa shape index (κ2) is 8.04. The number of halogens is 1. The number of aromatic nitrogens is 6. The molecule has 1 saturated carbocycles. The van der Waals surface area contributed by atoms with Crippen molar-refractivity contribution in [2.24, 2.45) is 0 Å². The van der Waals surface area contributed by atoms with Crippen molar-refractivity contribution in [1.82, 2.24) is 29.9 Å². The molecule has 0 radical (unpaired) electrons. The van der Waals surface area contributed by atoms with E-state index in [0.717, 1.165) is 29.3 Å². The van der Waals surface area contributed by atoms with Crippen molar-refractivity contribution in [2.75, 3.05) is 7.11 Å². The third-order valence-corrected chi connectivity index (χ3v) is 9.13.